The van der Waals surface area contributed by atoms with E-state index in [0.717, 1.165) is 5.56 Å². The Balaban J connectivity index is 1.87. The topological polar surface area (TPSA) is 105 Å². The highest BCUT2D eigenvalue weighted by molar-refractivity contribution is 6.29. The number of aryl methyl sites for hydroxylation is 1. The summed E-state index contributed by atoms with van der Waals surface area (Å²) in [4.78, 5) is 25.0. The predicted molar refractivity (Wildman–Crippen MR) is 112 cm³/mol. The number of hydrogen-bond acceptors (Lipinski definition) is 6. The zero-order valence-electron chi connectivity index (χ0n) is 16.2. The fourth-order valence-corrected chi connectivity index (χ4v) is 4.33. The van der Waals surface area contributed by atoms with Crippen LogP contribution in [0, 0.1) is 6.92 Å². The molecule has 0 saturated carbocycles. The molecule has 3 aromatic carbocycles. The van der Waals surface area contributed by atoms with Crippen molar-refractivity contribution in [3.63, 3.8) is 0 Å². The Bertz CT molecular complexity index is 1290. The van der Waals surface area contributed by atoms with E-state index in [1.807, 2.05) is 19.1 Å². The van der Waals surface area contributed by atoms with Crippen LogP contribution in [-0.4, -0.2) is 28.0 Å². The van der Waals surface area contributed by atoms with Gasteiger partial charge in [-0.2, -0.15) is 0 Å². The van der Waals surface area contributed by atoms with Crippen molar-refractivity contribution in [3.8, 4) is 23.0 Å². The van der Waals surface area contributed by atoms with Crippen molar-refractivity contribution in [2.45, 2.75) is 12.5 Å². The first-order valence-electron chi connectivity index (χ1n) is 9.44. The smallest absolute Gasteiger partial charge is 0.340 e. The van der Waals surface area contributed by atoms with Crippen molar-refractivity contribution in [1.29, 1.82) is 0 Å². The van der Waals surface area contributed by atoms with Gasteiger partial charge in [-0.15, -0.1) is 11.6 Å². The standard InChI is InChI=1S/C23H16ClNO6/c1-11-3-2-4-14-19(11)22(29)31-23(14)13-6-5-12(26)9-17(13)30-21-15(23)7-8-16(27)20(21)25-18(28)10-24/h2-9,26-27H,10H2,1H3,(H,25,28). The Morgan fingerprint density at radius 1 is 1.10 bits per heavy atom. The lowest BCUT2D eigenvalue weighted by Crippen LogP contribution is -2.33. The van der Waals surface area contributed by atoms with E-state index >= 15 is 0 Å². The fourth-order valence-electron chi connectivity index (χ4n) is 4.27. The molecule has 2 aliphatic rings. The van der Waals surface area contributed by atoms with Gasteiger partial charge < -0.3 is 25.0 Å². The van der Waals surface area contributed by atoms with Gasteiger partial charge in [-0.05, 0) is 36.8 Å². The average Bonchev–Trinajstić information content (AvgIpc) is 3.04. The van der Waals surface area contributed by atoms with E-state index in [1.165, 1.54) is 18.2 Å². The molecule has 3 aromatic rings. The first-order chi connectivity index (χ1) is 14.9. The Hall–Kier alpha value is -3.71. The summed E-state index contributed by atoms with van der Waals surface area (Å²) in [7, 11) is 0. The molecule has 0 radical (unpaired) electrons. The predicted octanol–water partition coefficient (Wildman–Crippen LogP) is 4.15. The number of benzene rings is 3. The maximum Gasteiger partial charge on any atom is 0.340 e. The van der Waals surface area contributed by atoms with Gasteiger partial charge in [-0.25, -0.2) is 4.79 Å². The molecule has 7 nitrogen and oxygen atoms in total. The molecule has 1 atom stereocenters. The van der Waals surface area contributed by atoms with Crippen LogP contribution in [0.25, 0.3) is 0 Å². The summed E-state index contributed by atoms with van der Waals surface area (Å²) in [6, 6.07) is 12.9. The molecule has 0 fully saturated rings. The third-order valence-corrected chi connectivity index (χ3v) is 5.80. The first-order valence-corrected chi connectivity index (χ1v) is 9.97. The fraction of sp³-hybridized carbons (Fsp3) is 0.130. The van der Waals surface area contributed by atoms with E-state index in [9.17, 15) is 19.8 Å². The Labute approximate surface area is 181 Å². The summed E-state index contributed by atoms with van der Waals surface area (Å²) in [5, 5.41) is 23.0. The van der Waals surface area contributed by atoms with Crippen LogP contribution in [0.15, 0.2) is 48.5 Å². The monoisotopic (exact) mass is 437 g/mol. The molecule has 5 rings (SSSR count). The van der Waals surface area contributed by atoms with Crippen LogP contribution in [0.1, 0.15) is 32.6 Å². The minimum absolute atomic E-state index is 0.00586. The Morgan fingerprint density at radius 3 is 2.65 bits per heavy atom. The zero-order valence-corrected chi connectivity index (χ0v) is 17.0. The minimum atomic E-state index is -1.39. The number of halogens is 1. The molecule has 2 aliphatic heterocycles. The van der Waals surface area contributed by atoms with Crippen LogP contribution < -0.4 is 10.1 Å². The van der Waals surface area contributed by atoms with E-state index in [4.69, 9.17) is 21.1 Å². The number of rotatable bonds is 2. The summed E-state index contributed by atoms with van der Waals surface area (Å²) in [6.45, 7) is 1.82. The van der Waals surface area contributed by atoms with Gasteiger partial charge in [0, 0.05) is 17.2 Å². The number of esters is 1. The molecule has 8 heteroatoms. The summed E-state index contributed by atoms with van der Waals surface area (Å²) >= 11 is 5.63. The van der Waals surface area contributed by atoms with Crippen LogP contribution in [0.4, 0.5) is 5.69 Å². The number of carbonyl (C=O) groups is 2. The number of phenolic OH excluding ortho intramolecular Hbond substituents is 2. The van der Waals surface area contributed by atoms with Gasteiger partial charge in [0.25, 0.3) is 0 Å². The molecule has 0 aliphatic carbocycles. The highest BCUT2D eigenvalue weighted by Gasteiger charge is 2.54. The number of amides is 1. The van der Waals surface area contributed by atoms with Gasteiger partial charge in [0.2, 0.25) is 5.91 Å². The number of phenols is 2. The van der Waals surface area contributed by atoms with Gasteiger partial charge in [-0.3, -0.25) is 4.79 Å². The number of hydrogen-bond donors (Lipinski definition) is 3. The van der Waals surface area contributed by atoms with Crippen molar-refractivity contribution in [2.24, 2.45) is 0 Å². The number of alkyl halides is 1. The number of fused-ring (bicyclic) bond motifs is 6. The van der Waals surface area contributed by atoms with Gasteiger partial charge in [0.1, 0.15) is 28.8 Å². The third kappa shape index (κ3) is 2.60. The highest BCUT2D eigenvalue weighted by atomic mass is 35.5. The van der Waals surface area contributed by atoms with Crippen molar-refractivity contribution >= 4 is 29.2 Å². The normalized spacial score (nSPS) is 17.9. The largest absolute Gasteiger partial charge is 0.508 e. The van der Waals surface area contributed by atoms with Gasteiger partial charge >= 0.3 is 5.97 Å². The molecule has 1 amide bonds. The quantitative estimate of drug-likeness (QED) is 0.316. The second-order valence-electron chi connectivity index (χ2n) is 7.37. The zero-order chi connectivity index (χ0) is 21.9. The Morgan fingerprint density at radius 2 is 1.87 bits per heavy atom. The third-order valence-electron chi connectivity index (χ3n) is 5.56. The summed E-state index contributed by atoms with van der Waals surface area (Å²) in [5.74, 6) is -1.37. The number of carbonyl (C=O) groups excluding carboxylic acids is 2. The van der Waals surface area contributed by atoms with Crippen LogP contribution in [0.5, 0.6) is 23.0 Å². The number of anilines is 1. The van der Waals surface area contributed by atoms with E-state index in [-0.39, 0.29) is 34.6 Å². The highest BCUT2D eigenvalue weighted by Crippen LogP contribution is 2.59. The van der Waals surface area contributed by atoms with Crippen LogP contribution in [-0.2, 0) is 15.1 Å². The number of ether oxygens (including phenoxy) is 2. The molecular formula is C23H16ClNO6. The molecule has 0 saturated heterocycles. The molecule has 1 spiro atoms. The van der Waals surface area contributed by atoms with E-state index < -0.39 is 17.5 Å². The maximum absolute atomic E-state index is 13.0. The number of aromatic hydroxyl groups is 2. The van der Waals surface area contributed by atoms with Crippen LogP contribution in [0.3, 0.4) is 0 Å². The first kappa shape index (κ1) is 19.3. The minimum Gasteiger partial charge on any atom is -0.508 e. The molecule has 3 N–H and O–H groups in total. The summed E-state index contributed by atoms with van der Waals surface area (Å²) < 4.78 is 12.1. The molecule has 0 aromatic heterocycles. The molecule has 2 heterocycles. The van der Waals surface area contributed by atoms with E-state index in [2.05, 4.69) is 5.32 Å². The lowest BCUT2D eigenvalue weighted by Gasteiger charge is -2.37. The van der Waals surface area contributed by atoms with Gasteiger partial charge in [0.15, 0.2) is 11.4 Å². The summed E-state index contributed by atoms with van der Waals surface area (Å²) in [6.07, 6.45) is 0. The van der Waals surface area contributed by atoms with E-state index in [1.54, 1.807) is 18.2 Å². The lowest BCUT2D eigenvalue weighted by molar-refractivity contribution is -0.114. The van der Waals surface area contributed by atoms with Crippen LogP contribution in [0.2, 0.25) is 0 Å². The van der Waals surface area contributed by atoms with Crippen LogP contribution >= 0.6 is 11.6 Å². The number of nitrogens with one attached hydrogen (secondary N) is 1. The molecule has 156 valence electrons. The maximum atomic E-state index is 13.0. The second-order valence-corrected chi connectivity index (χ2v) is 7.64. The molecule has 0 bridgehead atoms. The molecule has 31 heavy (non-hydrogen) atoms. The van der Waals surface area contributed by atoms with Crippen molar-refractivity contribution in [3.05, 3.63) is 76.3 Å². The van der Waals surface area contributed by atoms with Gasteiger partial charge in [0.05, 0.1) is 11.1 Å². The second kappa shape index (κ2) is 6.65. The Kier molecular flexibility index (Phi) is 4.13. The van der Waals surface area contributed by atoms with Crippen molar-refractivity contribution in [1.82, 2.24) is 0 Å². The average molecular weight is 438 g/mol. The summed E-state index contributed by atoms with van der Waals surface area (Å²) in [5.41, 5.74) is 1.34. The molecule has 1 unspecified atom stereocenters. The SMILES string of the molecule is Cc1cccc2c1C(=O)OC21c2ccc(O)cc2Oc2c1ccc(O)c2NC(=O)CCl. The van der Waals surface area contributed by atoms with E-state index in [0.29, 0.717) is 22.3 Å². The molecular weight excluding hydrogens is 422 g/mol. The van der Waals surface area contributed by atoms with Crippen molar-refractivity contribution < 1.29 is 29.3 Å². The van der Waals surface area contributed by atoms with Gasteiger partial charge in [-0.1, -0.05) is 18.2 Å². The lowest BCUT2D eigenvalue weighted by atomic mass is 9.77. The van der Waals surface area contributed by atoms with Crippen molar-refractivity contribution in [2.75, 3.05) is 11.2 Å².